The summed E-state index contributed by atoms with van der Waals surface area (Å²) in [6.45, 7) is 5.31. The number of aliphatic hydroxyl groups excluding tert-OH is 2. The van der Waals surface area contributed by atoms with Crippen LogP contribution in [0, 0.1) is 5.92 Å². The molecule has 0 fully saturated rings. The van der Waals surface area contributed by atoms with E-state index in [1.165, 1.54) is 0 Å². The van der Waals surface area contributed by atoms with Crippen molar-refractivity contribution in [1.82, 2.24) is 5.48 Å². The fourth-order valence-electron chi connectivity index (χ4n) is 2.05. The van der Waals surface area contributed by atoms with Crippen LogP contribution >= 0.6 is 0 Å². The Bertz CT molecular complexity index is 524. The fourth-order valence-corrected chi connectivity index (χ4v) is 2.05. The van der Waals surface area contributed by atoms with Gasteiger partial charge in [0.15, 0.2) is 0 Å². The number of hydrogen-bond donors (Lipinski definition) is 4. The molecule has 22 heavy (non-hydrogen) atoms. The molecule has 1 rings (SSSR count). The molecular weight excluding hydrogens is 286 g/mol. The van der Waals surface area contributed by atoms with E-state index in [1.54, 1.807) is 43.6 Å². The lowest BCUT2D eigenvalue weighted by Crippen LogP contribution is -2.22. The number of hydroxylamine groups is 1. The number of ether oxygens (including phenoxy) is 1. The third-order valence-corrected chi connectivity index (χ3v) is 3.77. The van der Waals surface area contributed by atoms with E-state index < -0.39 is 12.0 Å². The van der Waals surface area contributed by atoms with Gasteiger partial charge in [-0.25, -0.2) is 5.48 Å². The zero-order chi connectivity index (χ0) is 16.7. The Hall–Kier alpha value is -1.89. The first kappa shape index (κ1) is 18.2. The topological polar surface area (TPSA) is 99.0 Å². The van der Waals surface area contributed by atoms with Crippen molar-refractivity contribution in [3.63, 3.8) is 0 Å². The number of hydrogen-bond acceptors (Lipinski definition) is 5. The van der Waals surface area contributed by atoms with Crippen LogP contribution in [0.25, 0.3) is 0 Å². The molecule has 0 aliphatic carbocycles. The molecular formula is C16H23NO5. The van der Waals surface area contributed by atoms with Gasteiger partial charge < -0.3 is 14.9 Å². The summed E-state index contributed by atoms with van der Waals surface area (Å²) in [5.74, 6) is -0.258. The number of carbonyl (C=O) groups excluding carboxylic acids is 1. The predicted molar refractivity (Wildman–Crippen MR) is 81.4 cm³/mol. The summed E-state index contributed by atoms with van der Waals surface area (Å²) in [4.78, 5) is 11.4. The smallest absolute Gasteiger partial charge is 0.270 e. The standard InChI is InChI=1S/C16H23NO5/c1-10(12(3)16(20)17-21)11(2)15(19)13-4-6-14(7-5-13)22-9-8-18/h4-7,11,15,18-19,21H,8-9H2,1-3H3,(H,17,20)/b12-10+/t11-,15+/m1/s1. The molecule has 6 heteroatoms. The van der Waals surface area contributed by atoms with Crippen molar-refractivity contribution < 1.29 is 25.0 Å². The van der Waals surface area contributed by atoms with E-state index in [2.05, 4.69) is 0 Å². The molecule has 0 spiro atoms. The van der Waals surface area contributed by atoms with Crippen LogP contribution in [0.5, 0.6) is 5.75 Å². The first-order chi connectivity index (χ1) is 10.4. The second kappa shape index (κ2) is 8.53. The number of rotatable bonds is 7. The van der Waals surface area contributed by atoms with Gasteiger partial charge in [-0.3, -0.25) is 10.0 Å². The quantitative estimate of drug-likeness (QED) is 0.348. The predicted octanol–water partition coefficient (Wildman–Crippen LogP) is 1.57. The normalized spacial score (nSPS) is 14.8. The molecule has 0 saturated carbocycles. The van der Waals surface area contributed by atoms with E-state index in [-0.39, 0.29) is 19.1 Å². The molecule has 1 aromatic rings. The van der Waals surface area contributed by atoms with Crippen molar-refractivity contribution in [1.29, 1.82) is 0 Å². The Balaban J connectivity index is 2.86. The van der Waals surface area contributed by atoms with Gasteiger partial charge >= 0.3 is 0 Å². The molecule has 0 saturated heterocycles. The van der Waals surface area contributed by atoms with E-state index in [1.807, 2.05) is 6.92 Å². The molecule has 6 nitrogen and oxygen atoms in total. The average Bonchev–Trinajstić information content (AvgIpc) is 2.56. The van der Waals surface area contributed by atoms with E-state index >= 15 is 0 Å². The molecule has 0 heterocycles. The van der Waals surface area contributed by atoms with Crippen molar-refractivity contribution in [2.24, 2.45) is 5.92 Å². The largest absolute Gasteiger partial charge is 0.491 e. The van der Waals surface area contributed by atoms with Crippen LogP contribution in [-0.4, -0.2) is 34.5 Å². The molecule has 0 unspecified atom stereocenters. The molecule has 4 N–H and O–H groups in total. The van der Waals surface area contributed by atoms with Gasteiger partial charge in [0.25, 0.3) is 5.91 Å². The van der Waals surface area contributed by atoms with Gasteiger partial charge in [-0.1, -0.05) is 24.6 Å². The van der Waals surface area contributed by atoms with Crippen LogP contribution in [-0.2, 0) is 4.79 Å². The second-order valence-corrected chi connectivity index (χ2v) is 5.12. The minimum atomic E-state index is -0.784. The molecule has 0 aliphatic rings. The highest BCUT2D eigenvalue weighted by atomic mass is 16.5. The highest BCUT2D eigenvalue weighted by Gasteiger charge is 2.21. The second-order valence-electron chi connectivity index (χ2n) is 5.12. The molecule has 0 aliphatic heterocycles. The van der Waals surface area contributed by atoms with Crippen LogP contribution in [0.2, 0.25) is 0 Å². The number of benzene rings is 1. The lowest BCUT2D eigenvalue weighted by atomic mass is 9.88. The Morgan fingerprint density at radius 2 is 1.86 bits per heavy atom. The Labute approximate surface area is 130 Å². The van der Waals surface area contributed by atoms with E-state index in [0.717, 1.165) is 0 Å². The van der Waals surface area contributed by atoms with Crippen LogP contribution in [0.15, 0.2) is 35.4 Å². The molecule has 122 valence electrons. The fraction of sp³-hybridized carbons (Fsp3) is 0.438. The van der Waals surface area contributed by atoms with Crippen molar-refractivity contribution >= 4 is 5.91 Å². The van der Waals surface area contributed by atoms with Gasteiger partial charge in [-0.15, -0.1) is 0 Å². The van der Waals surface area contributed by atoms with Crippen molar-refractivity contribution in [3.05, 3.63) is 41.0 Å². The van der Waals surface area contributed by atoms with E-state index in [0.29, 0.717) is 22.5 Å². The maximum Gasteiger partial charge on any atom is 0.270 e. The Morgan fingerprint density at radius 3 is 2.36 bits per heavy atom. The summed E-state index contributed by atoms with van der Waals surface area (Å²) in [6, 6.07) is 6.91. The molecule has 0 radical (unpaired) electrons. The Kier molecular flexibility index (Phi) is 7.04. The van der Waals surface area contributed by atoms with Crippen LogP contribution < -0.4 is 10.2 Å². The van der Waals surface area contributed by atoms with Crippen molar-refractivity contribution in [2.75, 3.05) is 13.2 Å². The van der Waals surface area contributed by atoms with Crippen molar-refractivity contribution in [2.45, 2.75) is 26.9 Å². The van der Waals surface area contributed by atoms with Gasteiger partial charge in [0.2, 0.25) is 0 Å². The monoisotopic (exact) mass is 309 g/mol. The van der Waals surface area contributed by atoms with E-state index in [9.17, 15) is 9.90 Å². The first-order valence-corrected chi connectivity index (χ1v) is 7.05. The highest BCUT2D eigenvalue weighted by Crippen LogP contribution is 2.30. The lowest BCUT2D eigenvalue weighted by Gasteiger charge is -2.22. The zero-order valence-electron chi connectivity index (χ0n) is 13.0. The minimum Gasteiger partial charge on any atom is -0.491 e. The highest BCUT2D eigenvalue weighted by molar-refractivity contribution is 5.92. The molecule has 0 aromatic heterocycles. The number of amides is 1. The summed E-state index contributed by atoms with van der Waals surface area (Å²) >= 11 is 0. The van der Waals surface area contributed by atoms with Gasteiger partial charge in [-0.05, 0) is 31.5 Å². The number of aliphatic hydroxyl groups is 2. The zero-order valence-corrected chi connectivity index (χ0v) is 13.0. The molecule has 1 amide bonds. The first-order valence-electron chi connectivity index (χ1n) is 7.05. The summed E-state index contributed by atoms with van der Waals surface area (Å²) in [5.41, 5.74) is 3.35. The average molecular weight is 309 g/mol. The van der Waals surface area contributed by atoms with Gasteiger partial charge in [0.05, 0.1) is 12.7 Å². The number of nitrogens with one attached hydrogen (secondary N) is 1. The Morgan fingerprint density at radius 1 is 1.27 bits per heavy atom. The minimum absolute atomic E-state index is 0.0579. The van der Waals surface area contributed by atoms with Crippen molar-refractivity contribution in [3.8, 4) is 5.75 Å². The number of carbonyl (C=O) groups is 1. The SMILES string of the molecule is C/C(C(=O)NO)=C(/C)[C@@H](C)[C@H](O)c1ccc(OCCO)cc1. The van der Waals surface area contributed by atoms with Crippen LogP contribution in [0.4, 0.5) is 0 Å². The molecule has 1 aromatic carbocycles. The third-order valence-electron chi connectivity index (χ3n) is 3.77. The van der Waals surface area contributed by atoms with E-state index in [4.69, 9.17) is 15.1 Å². The van der Waals surface area contributed by atoms with Gasteiger partial charge in [0.1, 0.15) is 12.4 Å². The lowest BCUT2D eigenvalue weighted by molar-refractivity contribution is -0.125. The van der Waals surface area contributed by atoms with Crippen LogP contribution in [0.3, 0.4) is 0 Å². The summed E-state index contributed by atoms with van der Waals surface area (Å²) in [5, 5.41) is 27.8. The summed E-state index contributed by atoms with van der Waals surface area (Å²) in [6.07, 6.45) is -0.784. The summed E-state index contributed by atoms with van der Waals surface area (Å²) < 4.78 is 5.26. The summed E-state index contributed by atoms with van der Waals surface area (Å²) in [7, 11) is 0. The maximum absolute atomic E-state index is 11.4. The maximum atomic E-state index is 11.4. The molecule has 2 atom stereocenters. The molecule has 0 bridgehead atoms. The van der Waals surface area contributed by atoms with Crippen LogP contribution in [0.1, 0.15) is 32.4 Å². The third kappa shape index (κ3) is 4.56. The van der Waals surface area contributed by atoms with Gasteiger partial charge in [0, 0.05) is 11.5 Å². The van der Waals surface area contributed by atoms with Gasteiger partial charge in [-0.2, -0.15) is 0 Å².